The Hall–Kier alpha value is -3.27. The Labute approximate surface area is 148 Å². The number of halogens is 3. The lowest BCUT2D eigenvalue weighted by Gasteiger charge is -2.31. The summed E-state index contributed by atoms with van der Waals surface area (Å²) in [6.45, 7) is 0.756. The predicted molar refractivity (Wildman–Crippen MR) is 91.5 cm³/mol. The molecule has 2 aromatic rings. The molecule has 1 aliphatic rings. The molecule has 1 heterocycles. The average Bonchev–Trinajstić information content (AvgIpc) is 2.66. The van der Waals surface area contributed by atoms with E-state index >= 15 is 0 Å². The van der Waals surface area contributed by atoms with Crippen LogP contribution < -0.4 is 0 Å². The molecule has 0 aliphatic carbocycles. The van der Waals surface area contributed by atoms with Crippen LogP contribution >= 0.6 is 0 Å². The fourth-order valence-corrected chi connectivity index (χ4v) is 2.58. The molecule has 0 amide bonds. The summed E-state index contributed by atoms with van der Waals surface area (Å²) in [5.41, 5.74) is 2.17. The average molecular weight is 355 g/mol. The van der Waals surface area contributed by atoms with Gasteiger partial charge in [-0.1, -0.05) is 18.3 Å². The molecular weight excluding hydrogens is 341 g/mol. The van der Waals surface area contributed by atoms with Crippen LogP contribution in [0.1, 0.15) is 16.7 Å². The van der Waals surface area contributed by atoms with Gasteiger partial charge in [0.1, 0.15) is 5.82 Å². The van der Waals surface area contributed by atoms with E-state index in [2.05, 4.69) is 10.3 Å². The highest BCUT2D eigenvalue weighted by Gasteiger charge is 2.15. The molecule has 0 aromatic heterocycles. The maximum absolute atomic E-state index is 14.1. The first-order valence-corrected chi connectivity index (χ1v) is 7.81. The van der Waals surface area contributed by atoms with E-state index in [0.29, 0.717) is 24.7 Å². The van der Waals surface area contributed by atoms with Crippen LogP contribution in [-0.4, -0.2) is 17.8 Å². The minimum atomic E-state index is -1.22. The lowest BCUT2D eigenvalue weighted by molar-refractivity contribution is 0.319. The smallest absolute Gasteiger partial charge is 0.161 e. The van der Waals surface area contributed by atoms with Crippen molar-refractivity contribution in [1.82, 2.24) is 4.90 Å². The fraction of sp³-hybridized carbons (Fsp3) is 0.158. The van der Waals surface area contributed by atoms with Gasteiger partial charge in [0.15, 0.2) is 11.6 Å². The molecule has 0 N–H and O–H groups in total. The van der Waals surface area contributed by atoms with Crippen molar-refractivity contribution in [2.75, 3.05) is 6.54 Å². The normalized spacial score (nSPS) is 12.9. The third-order valence-corrected chi connectivity index (χ3v) is 3.94. The highest BCUT2D eigenvalue weighted by molar-refractivity contribution is 5.73. The van der Waals surface area contributed by atoms with Crippen molar-refractivity contribution >= 4 is 6.34 Å². The molecule has 0 atom stereocenters. The van der Waals surface area contributed by atoms with Gasteiger partial charge in [-0.2, -0.15) is 5.26 Å². The first kappa shape index (κ1) is 17.5. The largest absolute Gasteiger partial charge is 0.466 e. The quantitative estimate of drug-likeness (QED) is 0.754. The minimum Gasteiger partial charge on any atom is -0.466 e. The first-order chi connectivity index (χ1) is 12.6. The number of benzene rings is 2. The molecule has 132 valence electrons. The molecule has 0 saturated carbocycles. The van der Waals surface area contributed by atoms with Crippen LogP contribution in [0.25, 0.3) is 5.32 Å². The monoisotopic (exact) mass is 355 g/mol. The van der Waals surface area contributed by atoms with E-state index in [9.17, 15) is 13.2 Å². The molecule has 0 spiro atoms. The third-order valence-electron chi connectivity index (χ3n) is 3.94. The molecule has 1 aliphatic heterocycles. The Morgan fingerprint density at radius 2 is 1.77 bits per heavy atom. The molecule has 4 nitrogen and oxygen atoms in total. The summed E-state index contributed by atoms with van der Waals surface area (Å²) in [7, 11) is 0. The zero-order valence-corrected chi connectivity index (χ0v) is 13.7. The SMILES string of the molecule is N#Cc1ccc(CN(Cc2cc(F)c(F)cc2F)C2=CN=C[N-]C2)cc1. The van der Waals surface area contributed by atoms with Crippen LogP contribution in [0.4, 0.5) is 13.2 Å². The van der Waals surface area contributed by atoms with E-state index in [1.807, 2.05) is 6.07 Å². The lowest BCUT2D eigenvalue weighted by Crippen LogP contribution is -2.25. The highest BCUT2D eigenvalue weighted by atomic mass is 19.2. The second-order valence-electron chi connectivity index (χ2n) is 5.75. The highest BCUT2D eigenvalue weighted by Crippen LogP contribution is 2.22. The summed E-state index contributed by atoms with van der Waals surface area (Å²) in [5.74, 6) is -3.13. The number of nitrogens with zero attached hydrogens (tertiary/aromatic N) is 4. The molecule has 26 heavy (non-hydrogen) atoms. The topological polar surface area (TPSA) is 53.5 Å². The lowest BCUT2D eigenvalue weighted by atomic mass is 10.1. The van der Waals surface area contributed by atoms with Crippen LogP contribution in [0.15, 0.2) is 53.3 Å². The summed E-state index contributed by atoms with van der Waals surface area (Å²) in [4.78, 5) is 5.77. The van der Waals surface area contributed by atoms with E-state index in [0.717, 1.165) is 17.3 Å². The van der Waals surface area contributed by atoms with E-state index in [-0.39, 0.29) is 12.1 Å². The number of aliphatic imine (C=N–C) groups is 1. The van der Waals surface area contributed by atoms with Gasteiger partial charge in [-0.15, -0.1) is 6.34 Å². The third kappa shape index (κ3) is 4.03. The molecule has 0 fully saturated rings. The van der Waals surface area contributed by atoms with Crippen molar-refractivity contribution in [3.63, 3.8) is 0 Å². The summed E-state index contributed by atoms with van der Waals surface area (Å²) >= 11 is 0. The first-order valence-electron chi connectivity index (χ1n) is 7.81. The number of hydrogen-bond donors (Lipinski definition) is 0. The standard InChI is InChI=1S/C19H14F3N4/c20-17-6-19(22)18(21)5-15(17)11-26(16-8-24-12-25-9-16)10-14-3-1-13(7-23)2-4-14/h1-6,8,12H,9-11H2/q-1. The Kier molecular flexibility index (Phi) is 5.23. The molecule has 2 aromatic carbocycles. The zero-order chi connectivity index (χ0) is 18.5. The van der Waals surface area contributed by atoms with Gasteiger partial charge in [-0.3, -0.25) is 0 Å². The van der Waals surface area contributed by atoms with E-state index in [4.69, 9.17) is 5.26 Å². The van der Waals surface area contributed by atoms with E-state index in [1.54, 1.807) is 35.4 Å². The number of rotatable bonds is 5. The van der Waals surface area contributed by atoms with Crippen molar-refractivity contribution in [3.05, 3.63) is 87.8 Å². The Balaban J connectivity index is 1.88. The molecular formula is C19H14F3N4-. The van der Waals surface area contributed by atoms with Gasteiger partial charge in [0.05, 0.1) is 11.6 Å². The van der Waals surface area contributed by atoms with Gasteiger partial charge in [-0.05, 0) is 30.3 Å². The maximum Gasteiger partial charge on any atom is 0.161 e. The molecule has 0 bridgehead atoms. The molecule has 0 saturated heterocycles. The van der Waals surface area contributed by atoms with Crippen molar-refractivity contribution in [3.8, 4) is 6.07 Å². The Bertz CT molecular complexity index is 898. The van der Waals surface area contributed by atoms with Gasteiger partial charge in [0.2, 0.25) is 0 Å². The van der Waals surface area contributed by atoms with Crippen molar-refractivity contribution in [2.24, 2.45) is 4.99 Å². The minimum absolute atomic E-state index is 0.0277. The van der Waals surface area contributed by atoms with E-state index in [1.165, 1.54) is 6.34 Å². The molecule has 7 heteroatoms. The summed E-state index contributed by atoms with van der Waals surface area (Å²) in [6.07, 6.45) is 3.02. The second kappa shape index (κ2) is 7.74. The van der Waals surface area contributed by atoms with Gasteiger partial charge >= 0.3 is 0 Å². The molecule has 3 rings (SSSR count). The maximum atomic E-state index is 14.1. The number of nitriles is 1. The van der Waals surface area contributed by atoms with Crippen LogP contribution in [-0.2, 0) is 13.1 Å². The predicted octanol–water partition coefficient (Wildman–Crippen LogP) is 4.23. The molecule has 0 radical (unpaired) electrons. The zero-order valence-electron chi connectivity index (χ0n) is 13.7. The summed E-state index contributed by atoms with van der Waals surface area (Å²) in [6, 6.07) is 10.4. The van der Waals surface area contributed by atoms with E-state index < -0.39 is 17.5 Å². The van der Waals surface area contributed by atoms with Crippen LogP contribution in [0.3, 0.4) is 0 Å². The second-order valence-corrected chi connectivity index (χ2v) is 5.75. The van der Waals surface area contributed by atoms with Crippen LogP contribution in [0, 0.1) is 28.8 Å². The Morgan fingerprint density at radius 3 is 2.42 bits per heavy atom. The van der Waals surface area contributed by atoms with Gasteiger partial charge in [0, 0.05) is 30.4 Å². The number of hydrogen-bond acceptors (Lipinski definition) is 3. The fourth-order valence-electron chi connectivity index (χ4n) is 2.58. The summed E-state index contributed by atoms with van der Waals surface area (Å²) in [5, 5.41) is 13.0. The van der Waals surface area contributed by atoms with Crippen LogP contribution in [0.2, 0.25) is 0 Å². The Morgan fingerprint density at radius 1 is 1.04 bits per heavy atom. The molecule has 0 unspecified atom stereocenters. The van der Waals surface area contributed by atoms with Crippen molar-refractivity contribution in [1.29, 1.82) is 5.26 Å². The van der Waals surface area contributed by atoms with Crippen molar-refractivity contribution < 1.29 is 13.2 Å². The van der Waals surface area contributed by atoms with Crippen molar-refractivity contribution in [2.45, 2.75) is 13.1 Å². The summed E-state index contributed by atoms with van der Waals surface area (Å²) < 4.78 is 40.7. The van der Waals surface area contributed by atoms with Gasteiger partial charge in [-0.25, -0.2) is 13.2 Å². The van der Waals surface area contributed by atoms with Gasteiger partial charge in [0.25, 0.3) is 0 Å². The van der Waals surface area contributed by atoms with Crippen LogP contribution in [0.5, 0.6) is 0 Å². The van der Waals surface area contributed by atoms with Gasteiger partial charge < -0.3 is 15.2 Å².